The smallest absolute Gasteiger partial charge is 0.160 e. The van der Waals surface area contributed by atoms with Crippen molar-refractivity contribution in [1.29, 1.82) is 0 Å². The average Bonchev–Trinajstić information content (AvgIpc) is 3.11. The standard InChI is InChI=1S/C21H21N3O2/c22-21-9-5-4-6-18(21)14-19(25)11-10-17-15-23-24(16-17)12-13-26-20-7-2-1-3-8-20/h1-11,15-16H,12-14,22H2/b11-10+. The molecule has 0 atom stereocenters. The highest BCUT2D eigenvalue weighted by Crippen LogP contribution is 2.12. The zero-order valence-corrected chi connectivity index (χ0v) is 14.4. The van der Waals surface area contributed by atoms with Crippen molar-refractivity contribution < 1.29 is 9.53 Å². The molecule has 2 aromatic carbocycles. The number of ketones is 1. The molecule has 3 rings (SSSR count). The Labute approximate surface area is 152 Å². The van der Waals surface area contributed by atoms with Crippen LogP contribution in [0.3, 0.4) is 0 Å². The molecule has 3 aromatic rings. The van der Waals surface area contributed by atoms with Gasteiger partial charge in [-0.25, -0.2) is 0 Å². The van der Waals surface area contributed by atoms with Gasteiger partial charge in [-0.1, -0.05) is 36.4 Å². The second kappa shape index (κ2) is 8.67. The Kier molecular flexibility index (Phi) is 5.83. The molecule has 0 spiro atoms. The first-order valence-electron chi connectivity index (χ1n) is 8.45. The highest BCUT2D eigenvalue weighted by molar-refractivity contribution is 5.95. The van der Waals surface area contributed by atoms with Crippen LogP contribution in [-0.2, 0) is 17.8 Å². The summed E-state index contributed by atoms with van der Waals surface area (Å²) in [7, 11) is 0. The zero-order valence-electron chi connectivity index (χ0n) is 14.4. The fraction of sp³-hybridized carbons (Fsp3) is 0.143. The number of aromatic nitrogens is 2. The second-order valence-corrected chi connectivity index (χ2v) is 5.87. The maximum Gasteiger partial charge on any atom is 0.160 e. The van der Waals surface area contributed by atoms with Crippen LogP contribution < -0.4 is 10.5 Å². The normalized spacial score (nSPS) is 10.9. The van der Waals surface area contributed by atoms with Crippen LogP contribution in [0.25, 0.3) is 6.08 Å². The largest absolute Gasteiger partial charge is 0.492 e. The third-order valence-electron chi connectivity index (χ3n) is 3.87. The van der Waals surface area contributed by atoms with E-state index in [4.69, 9.17) is 10.5 Å². The van der Waals surface area contributed by atoms with Gasteiger partial charge in [0, 0.05) is 23.9 Å². The van der Waals surface area contributed by atoms with Gasteiger partial charge in [-0.15, -0.1) is 0 Å². The van der Waals surface area contributed by atoms with Crippen molar-refractivity contribution in [3.63, 3.8) is 0 Å². The Balaban J connectivity index is 1.49. The van der Waals surface area contributed by atoms with E-state index in [2.05, 4.69) is 5.10 Å². The molecule has 0 fully saturated rings. The van der Waals surface area contributed by atoms with E-state index in [1.54, 1.807) is 29.1 Å². The van der Waals surface area contributed by atoms with Crippen molar-refractivity contribution in [3.05, 3.63) is 84.2 Å². The van der Waals surface area contributed by atoms with Gasteiger partial charge in [-0.2, -0.15) is 5.10 Å². The SMILES string of the molecule is Nc1ccccc1CC(=O)/C=C/c1cnn(CCOc2ccccc2)c1. The highest BCUT2D eigenvalue weighted by atomic mass is 16.5. The summed E-state index contributed by atoms with van der Waals surface area (Å²) in [4.78, 5) is 12.1. The topological polar surface area (TPSA) is 70.1 Å². The number of hydrogen-bond acceptors (Lipinski definition) is 4. The van der Waals surface area contributed by atoms with E-state index in [0.29, 0.717) is 25.3 Å². The second-order valence-electron chi connectivity index (χ2n) is 5.87. The van der Waals surface area contributed by atoms with E-state index in [1.807, 2.05) is 54.7 Å². The minimum Gasteiger partial charge on any atom is -0.492 e. The van der Waals surface area contributed by atoms with Crippen molar-refractivity contribution in [2.24, 2.45) is 0 Å². The molecular weight excluding hydrogens is 326 g/mol. The molecule has 132 valence electrons. The van der Waals surface area contributed by atoms with Crippen molar-refractivity contribution in [1.82, 2.24) is 9.78 Å². The van der Waals surface area contributed by atoms with Gasteiger partial charge >= 0.3 is 0 Å². The summed E-state index contributed by atoms with van der Waals surface area (Å²) in [6.45, 7) is 1.16. The minimum absolute atomic E-state index is 0.00283. The number of carbonyl (C=O) groups is 1. The first-order valence-corrected chi connectivity index (χ1v) is 8.45. The number of nitrogens with two attached hydrogens (primary N) is 1. The summed E-state index contributed by atoms with van der Waals surface area (Å²) in [6.07, 6.45) is 7.23. The summed E-state index contributed by atoms with van der Waals surface area (Å²) in [5.74, 6) is 0.841. The number of benzene rings is 2. The molecule has 0 amide bonds. The first kappa shape index (κ1) is 17.5. The summed E-state index contributed by atoms with van der Waals surface area (Å²) in [5, 5.41) is 4.28. The van der Waals surface area contributed by atoms with Gasteiger partial charge in [0.05, 0.1) is 12.7 Å². The van der Waals surface area contributed by atoms with Gasteiger partial charge in [0.2, 0.25) is 0 Å². The van der Waals surface area contributed by atoms with Crippen molar-refractivity contribution >= 4 is 17.5 Å². The number of nitrogen functional groups attached to an aromatic ring is 1. The molecule has 26 heavy (non-hydrogen) atoms. The molecule has 0 aliphatic heterocycles. The number of allylic oxidation sites excluding steroid dienone is 1. The van der Waals surface area contributed by atoms with Crippen LogP contribution in [0.15, 0.2) is 73.1 Å². The van der Waals surface area contributed by atoms with Crippen LogP contribution in [0, 0.1) is 0 Å². The summed E-state index contributed by atoms with van der Waals surface area (Å²) >= 11 is 0. The molecule has 0 bridgehead atoms. The van der Waals surface area contributed by atoms with Gasteiger partial charge < -0.3 is 10.5 Å². The van der Waals surface area contributed by atoms with Gasteiger partial charge in [0.15, 0.2) is 5.78 Å². The van der Waals surface area contributed by atoms with Gasteiger partial charge in [-0.3, -0.25) is 9.48 Å². The van der Waals surface area contributed by atoms with Gasteiger partial charge in [0.25, 0.3) is 0 Å². The molecule has 0 radical (unpaired) electrons. The fourth-order valence-electron chi connectivity index (χ4n) is 2.49. The Morgan fingerprint density at radius 3 is 2.69 bits per heavy atom. The summed E-state index contributed by atoms with van der Waals surface area (Å²) in [6, 6.07) is 17.1. The van der Waals surface area contributed by atoms with E-state index in [9.17, 15) is 4.79 Å². The van der Waals surface area contributed by atoms with E-state index >= 15 is 0 Å². The van der Waals surface area contributed by atoms with Crippen LogP contribution >= 0.6 is 0 Å². The van der Waals surface area contributed by atoms with Crippen molar-refractivity contribution in [3.8, 4) is 5.75 Å². The molecular formula is C21H21N3O2. The van der Waals surface area contributed by atoms with Gasteiger partial charge in [-0.05, 0) is 35.9 Å². The Bertz CT molecular complexity index is 885. The van der Waals surface area contributed by atoms with E-state index in [1.165, 1.54) is 0 Å². The predicted octanol–water partition coefficient (Wildman–Crippen LogP) is 3.37. The zero-order chi connectivity index (χ0) is 18.2. The van der Waals surface area contributed by atoms with Crippen molar-refractivity contribution in [2.45, 2.75) is 13.0 Å². The summed E-state index contributed by atoms with van der Waals surface area (Å²) < 4.78 is 7.44. The lowest BCUT2D eigenvalue weighted by atomic mass is 10.1. The monoisotopic (exact) mass is 347 g/mol. The number of ether oxygens (including phenoxy) is 1. The average molecular weight is 347 g/mol. The number of nitrogens with zero attached hydrogens (tertiary/aromatic N) is 2. The molecule has 0 unspecified atom stereocenters. The lowest BCUT2D eigenvalue weighted by Crippen LogP contribution is -2.08. The van der Waals surface area contributed by atoms with Crippen molar-refractivity contribution in [2.75, 3.05) is 12.3 Å². The predicted molar refractivity (Wildman–Crippen MR) is 103 cm³/mol. The number of anilines is 1. The van der Waals surface area contributed by atoms with E-state index in [-0.39, 0.29) is 5.78 Å². The first-order chi connectivity index (χ1) is 12.7. The Morgan fingerprint density at radius 1 is 1.12 bits per heavy atom. The number of rotatable bonds is 8. The maximum atomic E-state index is 12.1. The fourth-order valence-corrected chi connectivity index (χ4v) is 2.49. The quantitative estimate of drug-likeness (QED) is 0.501. The minimum atomic E-state index is 0.00283. The third kappa shape index (κ3) is 5.08. The lowest BCUT2D eigenvalue weighted by molar-refractivity contribution is -0.113. The molecule has 0 aliphatic rings. The molecule has 5 heteroatoms. The molecule has 0 saturated heterocycles. The van der Waals surface area contributed by atoms with Crippen LogP contribution in [0.4, 0.5) is 5.69 Å². The molecule has 0 aliphatic carbocycles. The lowest BCUT2D eigenvalue weighted by Gasteiger charge is -2.05. The Morgan fingerprint density at radius 2 is 1.88 bits per heavy atom. The van der Waals surface area contributed by atoms with Crippen LogP contribution in [0.1, 0.15) is 11.1 Å². The Hall–Kier alpha value is -3.34. The molecule has 5 nitrogen and oxygen atoms in total. The highest BCUT2D eigenvalue weighted by Gasteiger charge is 2.03. The van der Waals surface area contributed by atoms with Crippen LogP contribution in [-0.4, -0.2) is 22.2 Å². The molecule has 1 aromatic heterocycles. The van der Waals surface area contributed by atoms with Crippen LogP contribution in [0.2, 0.25) is 0 Å². The van der Waals surface area contributed by atoms with Gasteiger partial charge in [0.1, 0.15) is 12.4 Å². The third-order valence-corrected chi connectivity index (χ3v) is 3.87. The van der Waals surface area contributed by atoms with E-state index < -0.39 is 0 Å². The summed E-state index contributed by atoms with van der Waals surface area (Å²) in [5.41, 5.74) is 8.22. The molecule has 1 heterocycles. The molecule has 2 N–H and O–H groups in total. The molecule has 0 saturated carbocycles. The number of hydrogen-bond donors (Lipinski definition) is 1. The van der Waals surface area contributed by atoms with Crippen LogP contribution in [0.5, 0.6) is 5.75 Å². The number of carbonyl (C=O) groups excluding carboxylic acids is 1. The number of para-hydroxylation sites is 2. The maximum absolute atomic E-state index is 12.1. The van der Waals surface area contributed by atoms with E-state index in [0.717, 1.165) is 16.9 Å².